The van der Waals surface area contributed by atoms with E-state index in [0.29, 0.717) is 24.8 Å². The van der Waals surface area contributed by atoms with Crippen LogP contribution in [0.5, 0.6) is 0 Å². The van der Waals surface area contributed by atoms with Gasteiger partial charge in [-0.15, -0.1) is 0 Å². The fraction of sp³-hybridized carbons (Fsp3) is 0.462. The molecule has 0 aliphatic heterocycles. The van der Waals surface area contributed by atoms with Crippen molar-refractivity contribution >= 4 is 5.97 Å². The quantitative estimate of drug-likeness (QED) is 0.820. The summed E-state index contributed by atoms with van der Waals surface area (Å²) in [5.41, 5.74) is 1.32. The standard InChI is InChI=1S/C13H19NO3/c1-10(9-17-3)14(2)8-11-5-4-6-12(7-11)13(15)16/h4-7,10H,8-9H2,1-3H3,(H,15,16). The molecule has 0 aliphatic rings. The second-order valence-corrected chi connectivity index (χ2v) is 4.23. The van der Waals surface area contributed by atoms with Gasteiger partial charge in [0.25, 0.3) is 0 Å². The third-order valence-electron chi connectivity index (χ3n) is 2.77. The molecule has 1 atom stereocenters. The fourth-order valence-electron chi connectivity index (χ4n) is 1.61. The minimum Gasteiger partial charge on any atom is -0.478 e. The summed E-state index contributed by atoms with van der Waals surface area (Å²) < 4.78 is 5.09. The van der Waals surface area contributed by atoms with Gasteiger partial charge < -0.3 is 9.84 Å². The Hall–Kier alpha value is -1.39. The average molecular weight is 237 g/mol. The third-order valence-corrected chi connectivity index (χ3v) is 2.77. The van der Waals surface area contributed by atoms with Crippen molar-refractivity contribution in [3.05, 3.63) is 35.4 Å². The Morgan fingerprint density at radius 2 is 2.24 bits per heavy atom. The molecule has 0 aliphatic carbocycles. The number of ether oxygens (including phenoxy) is 1. The summed E-state index contributed by atoms with van der Waals surface area (Å²) in [5.74, 6) is -0.889. The summed E-state index contributed by atoms with van der Waals surface area (Å²) in [5, 5.41) is 8.90. The van der Waals surface area contributed by atoms with E-state index in [1.54, 1.807) is 25.3 Å². The molecule has 1 aromatic carbocycles. The van der Waals surface area contributed by atoms with Crippen LogP contribution in [0.3, 0.4) is 0 Å². The number of rotatable bonds is 6. The van der Waals surface area contributed by atoms with Crippen LogP contribution >= 0.6 is 0 Å². The van der Waals surface area contributed by atoms with E-state index in [1.165, 1.54) is 0 Å². The molecule has 0 saturated carbocycles. The molecular formula is C13H19NO3. The fourth-order valence-corrected chi connectivity index (χ4v) is 1.61. The second-order valence-electron chi connectivity index (χ2n) is 4.23. The topological polar surface area (TPSA) is 49.8 Å². The van der Waals surface area contributed by atoms with Crippen molar-refractivity contribution < 1.29 is 14.6 Å². The second kappa shape index (κ2) is 6.37. The molecule has 94 valence electrons. The van der Waals surface area contributed by atoms with Crippen LogP contribution in [0.1, 0.15) is 22.8 Å². The smallest absolute Gasteiger partial charge is 0.335 e. The van der Waals surface area contributed by atoms with Gasteiger partial charge in [-0.1, -0.05) is 12.1 Å². The van der Waals surface area contributed by atoms with E-state index in [0.717, 1.165) is 5.56 Å². The number of methoxy groups -OCH3 is 1. The minimum atomic E-state index is -0.889. The molecule has 4 heteroatoms. The maximum Gasteiger partial charge on any atom is 0.335 e. The SMILES string of the molecule is COCC(C)N(C)Cc1cccc(C(=O)O)c1. The highest BCUT2D eigenvalue weighted by molar-refractivity contribution is 5.87. The van der Waals surface area contributed by atoms with Crippen molar-refractivity contribution in [2.75, 3.05) is 20.8 Å². The van der Waals surface area contributed by atoms with Crippen molar-refractivity contribution in [2.45, 2.75) is 19.5 Å². The molecule has 1 unspecified atom stereocenters. The van der Waals surface area contributed by atoms with Gasteiger partial charge in [-0.05, 0) is 31.7 Å². The molecule has 0 heterocycles. The van der Waals surface area contributed by atoms with Crippen LogP contribution in [0.4, 0.5) is 0 Å². The highest BCUT2D eigenvalue weighted by Gasteiger charge is 2.10. The predicted molar refractivity (Wildman–Crippen MR) is 66.2 cm³/mol. The van der Waals surface area contributed by atoms with Crippen LogP contribution in [0.15, 0.2) is 24.3 Å². The predicted octanol–water partition coefficient (Wildman–Crippen LogP) is 1.85. The molecule has 17 heavy (non-hydrogen) atoms. The van der Waals surface area contributed by atoms with Crippen LogP contribution < -0.4 is 0 Å². The van der Waals surface area contributed by atoms with Gasteiger partial charge in [-0.3, -0.25) is 4.90 Å². The lowest BCUT2D eigenvalue weighted by Gasteiger charge is -2.24. The van der Waals surface area contributed by atoms with E-state index in [4.69, 9.17) is 9.84 Å². The zero-order valence-corrected chi connectivity index (χ0v) is 10.5. The zero-order chi connectivity index (χ0) is 12.8. The number of hydrogen-bond acceptors (Lipinski definition) is 3. The number of carboxylic acid groups (broad SMARTS) is 1. The van der Waals surface area contributed by atoms with Gasteiger partial charge in [0.05, 0.1) is 12.2 Å². The number of likely N-dealkylation sites (N-methyl/N-ethyl adjacent to an activating group) is 1. The van der Waals surface area contributed by atoms with Crippen LogP contribution in [0, 0.1) is 0 Å². The number of carboxylic acids is 1. The summed E-state index contributed by atoms with van der Waals surface area (Å²) in [6.45, 7) is 3.45. The Morgan fingerprint density at radius 1 is 1.53 bits per heavy atom. The Labute approximate surface area is 102 Å². The van der Waals surface area contributed by atoms with Crippen LogP contribution in [-0.4, -0.2) is 42.8 Å². The number of hydrogen-bond donors (Lipinski definition) is 1. The maximum absolute atomic E-state index is 10.8. The van der Waals surface area contributed by atoms with Gasteiger partial charge in [0.15, 0.2) is 0 Å². The van der Waals surface area contributed by atoms with E-state index in [1.807, 2.05) is 13.1 Å². The van der Waals surface area contributed by atoms with Crippen molar-refractivity contribution in [2.24, 2.45) is 0 Å². The summed E-state index contributed by atoms with van der Waals surface area (Å²) in [4.78, 5) is 13.0. The molecule has 0 bridgehead atoms. The Morgan fingerprint density at radius 3 is 2.82 bits per heavy atom. The lowest BCUT2D eigenvalue weighted by Crippen LogP contribution is -2.32. The van der Waals surface area contributed by atoms with Crippen LogP contribution in [-0.2, 0) is 11.3 Å². The highest BCUT2D eigenvalue weighted by atomic mass is 16.5. The van der Waals surface area contributed by atoms with Crippen molar-refractivity contribution in [3.63, 3.8) is 0 Å². The third kappa shape index (κ3) is 4.17. The monoisotopic (exact) mass is 237 g/mol. The summed E-state index contributed by atoms with van der Waals surface area (Å²) in [6, 6.07) is 7.31. The molecule has 1 aromatic rings. The molecule has 0 saturated heterocycles. The lowest BCUT2D eigenvalue weighted by molar-refractivity contribution is 0.0696. The van der Waals surface area contributed by atoms with Crippen LogP contribution in [0.2, 0.25) is 0 Å². The first-order valence-corrected chi connectivity index (χ1v) is 5.56. The van der Waals surface area contributed by atoms with Crippen molar-refractivity contribution in [3.8, 4) is 0 Å². The van der Waals surface area contributed by atoms with E-state index in [9.17, 15) is 4.79 Å². The summed E-state index contributed by atoms with van der Waals surface area (Å²) >= 11 is 0. The maximum atomic E-state index is 10.8. The molecule has 1 N–H and O–H groups in total. The lowest BCUT2D eigenvalue weighted by atomic mass is 10.1. The highest BCUT2D eigenvalue weighted by Crippen LogP contribution is 2.09. The Kier molecular flexibility index (Phi) is 5.12. The van der Waals surface area contributed by atoms with Gasteiger partial charge in [0.2, 0.25) is 0 Å². The van der Waals surface area contributed by atoms with Gasteiger partial charge in [0, 0.05) is 19.7 Å². The average Bonchev–Trinajstić information content (AvgIpc) is 2.29. The van der Waals surface area contributed by atoms with E-state index in [-0.39, 0.29) is 0 Å². The van der Waals surface area contributed by atoms with Gasteiger partial charge in [-0.2, -0.15) is 0 Å². The number of benzene rings is 1. The summed E-state index contributed by atoms with van der Waals surface area (Å²) in [6.07, 6.45) is 0. The molecule has 0 amide bonds. The summed E-state index contributed by atoms with van der Waals surface area (Å²) in [7, 11) is 3.67. The van der Waals surface area contributed by atoms with E-state index >= 15 is 0 Å². The molecule has 4 nitrogen and oxygen atoms in total. The largest absolute Gasteiger partial charge is 0.478 e. The zero-order valence-electron chi connectivity index (χ0n) is 10.5. The number of carbonyl (C=O) groups is 1. The van der Waals surface area contributed by atoms with Gasteiger partial charge in [-0.25, -0.2) is 4.79 Å². The molecular weight excluding hydrogens is 218 g/mol. The first kappa shape index (κ1) is 13.7. The first-order chi connectivity index (χ1) is 8.04. The molecule has 0 radical (unpaired) electrons. The molecule has 0 fully saturated rings. The Balaban J connectivity index is 2.68. The Bertz CT molecular complexity index is 379. The molecule has 0 aromatic heterocycles. The number of nitrogens with zero attached hydrogens (tertiary/aromatic N) is 1. The molecule has 0 spiro atoms. The molecule has 1 rings (SSSR count). The van der Waals surface area contributed by atoms with Crippen LogP contribution in [0.25, 0.3) is 0 Å². The minimum absolute atomic E-state index is 0.300. The van der Waals surface area contributed by atoms with E-state index < -0.39 is 5.97 Å². The normalized spacial score (nSPS) is 12.7. The number of aromatic carboxylic acids is 1. The van der Waals surface area contributed by atoms with Gasteiger partial charge in [0.1, 0.15) is 0 Å². The van der Waals surface area contributed by atoms with Gasteiger partial charge >= 0.3 is 5.97 Å². The first-order valence-electron chi connectivity index (χ1n) is 5.56. The van der Waals surface area contributed by atoms with Crippen molar-refractivity contribution in [1.29, 1.82) is 0 Å². The van der Waals surface area contributed by atoms with Crippen molar-refractivity contribution in [1.82, 2.24) is 4.90 Å². The van der Waals surface area contributed by atoms with E-state index in [2.05, 4.69) is 11.8 Å².